The molecule has 0 bridgehead atoms. The quantitative estimate of drug-likeness (QED) is 0.637. The Hall–Kier alpha value is -0.745. The van der Waals surface area contributed by atoms with Crippen LogP contribution in [0.3, 0.4) is 0 Å². The van der Waals surface area contributed by atoms with Crippen LogP contribution in [0.15, 0.2) is 18.2 Å². The summed E-state index contributed by atoms with van der Waals surface area (Å²) in [5, 5.41) is 28.1. The summed E-state index contributed by atoms with van der Waals surface area (Å²) in [6.45, 7) is 0. The van der Waals surface area contributed by atoms with Crippen molar-refractivity contribution in [3.8, 4) is 5.75 Å². The molecule has 1 heterocycles. The molecule has 3 N–H and O–H groups in total. The van der Waals surface area contributed by atoms with E-state index in [0.717, 1.165) is 10.1 Å². The summed E-state index contributed by atoms with van der Waals surface area (Å²) >= 11 is 7.11. The van der Waals surface area contributed by atoms with Crippen molar-refractivity contribution >= 4 is 45.6 Å². The van der Waals surface area contributed by atoms with Gasteiger partial charge in [-0.25, -0.2) is 0 Å². The van der Waals surface area contributed by atoms with E-state index in [1.807, 2.05) is 0 Å². The molecule has 0 saturated carbocycles. The summed E-state index contributed by atoms with van der Waals surface area (Å²) in [4.78, 5) is 0. The van der Waals surface area contributed by atoms with Crippen LogP contribution in [0.2, 0.25) is 4.34 Å². The number of thiophene rings is 1. The highest BCUT2D eigenvalue weighted by Crippen LogP contribution is 2.30. The largest absolute Gasteiger partial charge is 0.508 e. The topological polar surface area (TPSA) is 60.7 Å². The molecule has 14 heavy (non-hydrogen) atoms. The lowest BCUT2D eigenvalue weighted by Crippen LogP contribution is -2.29. The Bertz CT molecular complexity index is 483. The molecule has 0 saturated heterocycles. The van der Waals surface area contributed by atoms with Gasteiger partial charge in [-0.1, -0.05) is 17.7 Å². The second-order valence-corrected chi connectivity index (χ2v) is 4.59. The van der Waals surface area contributed by atoms with Crippen LogP contribution in [0.4, 0.5) is 0 Å². The van der Waals surface area contributed by atoms with Crippen molar-refractivity contribution in [2.75, 3.05) is 0 Å². The van der Waals surface area contributed by atoms with Crippen LogP contribution in [0.5, 0.6) is 5.75 Å². The van der Waals surface area contributed by atoms with E-state index < -0.39 is 7.12 Å². The summed E-state index contributed by atoms with van der Waals surface area (Å²) in [6, 6.07) is 4.70. The van der Waals surface area contributed by atoms with Crippen molar-refractivity contribution in [2.24, 2.45) is 0 Å². The summed E-state index contributed by atoms with van der Waals surface area (Å²) < 4.78 is 1.42. The minimum atomic E-state index is -1.67. The first-order valence-electron chi connectivity index (χ1n) is 3.86. The fourth-order valence-electron chi connectivity index (χ4n) is 1.27. The van der Waals surface area contributed by atoms with Crippen LogP contribution in [-0.4, -0.2) is 22.3 Å². The van der Waals surface area contributed by atoms with Gasteiger partial charge in [0.05, 0.1) is 4.34 Å². The van der Waals surface area contributed by atoms with Gasteiger partial charge in [0.1, 0.15) is 5.75 Å². The number of aromatic hydroxyl groups is 1. The van der Waals surface area contributed by atoms with E-state index in [1.54, 1.807) is 6.07 Å². The molecule has 0 aliphatic carbocycles. The van der Waals surface area contributed by atoms with E-state index in [0.29, 0.717) is 4.34 Å². The molecule has 0 aliphatic heterocycles. The maximum atomic E-state index is 9.43. The SMILES string of the molecule is OB(O)c1cc2cc(Cl)sc2cc1O. The van der Waals surface area contributed by atoms with Gasteiger partial charge in [0.15, 0.2) is 0 Å². The minimum absolute atomic E-state index is 0.0898. The molecule has 1 aromatic heterocycles. The molecule has 0 spiro atoms. The Labute approximate surface area is 89.3 Å². The minimum Gasteiger partial charge on any atom is -0.508 e. The van der Waals surface area contributed by atoms with Gasteiger partial charge in [-0.05, 0) is 17.5 Å². The van der Waals surface area contributed by atoms with Crippen molar-refractivity contribution in [1.29, 1.82) is 0 Å². The van der Waals surface area contributed by atoms with E-state index in [-0.39, 0.29) is 11.2 Å². The van der Waals surface area contributed by atoms with E-state index in [2.05, 4.69) is 0 Å². The number of phenolic OH excluding ortho intramolecular Hbond substituents is 1. The zero-order valence-corrected chi connectivity index (χ0v) is 8.51. The fourth-order valence-corrected chi connectivity index (χ4v) is 2.44. The van der Waals surface area contributed by atoms with Gasteiger partial charge >= 0.3 is 7.12 Å². The average molecular weight is 228 g/mol. The molecular weight excluding hydrogens is 222 g/mol. The van der Waals surface area contributed by atoms with Crippen molar-refractivity contribution in [2.45, 2.75) is 0 Å². The lowest BCUT2D eigenvalue weighted by molar-refractivity contribution is 0.420. The first-order chi connectivity index (χ1) is 6.58. The van der Waals surface area contributed by atoms with Crippen LogP contribution in [0, 0.1) is 0 Å². The molecular formula is C8H6BClO3S. The average Bonchev–Trinajstić information content (AvgIpc) is 2.42. The van der Waals surface area contributed by atoms with Gasteiger partial charge < -0.3 is 15.2 Å². The summed E-state index contributed by atoms with van der Waals surface area (Å²) in [6.07, 6.45) is 0. The Kier molecular flexibility index (Phi) is 2.40. The van der Waals surface area contributed by atoms with Crippen molar-refractivity contribution < 1.29 is 15.2 Å². The van der Waals surface area contributed by atoms with Gasteiger partial charge in [-0.2, -0.15) is 0 Å². The number of benzene rings is 1. The maximum absolute atomic E-state index is 9.43. The third-order valence-electron chi connectivity index (χ3n) is 1.91. The number of hydrogen-bond acceptors (Lipinski definition) is 4. The maximum Gasteiger partial charge on any atom is 0.492 e. The standard InChI is InChI=1S/C8H6BClO3S/c10-8-2-4-1-5(9(12)13)6(11)3-7(4)14-8/h1-3,11-13H. The van der Waals surface area contributed by atoms with E-state index in [9.17, 15) is 5.11 Å². The van der Waals surface area contributed by atoms with E-state index >= 15 is 0 Å². The molecule has 3 nitrogen and oxygen atoms in total. The normalized spacial score (nSPS) is 10.8. The number of fused-ring (bicyclic) bond motifs is 1. The Morgan fingerprint density at radius 1 is 1.21 bits per heavy atom. The molecule has 0 aliphatic rings. The van der Waals surface area contributed by atoms with Crippen LogP contribution < -0.4 is 5.46 Å². The molecule has 2 rings (SSSR count). The Morgan fingerprint density at radius 3 is 2.57 bits per heavy atom. The van der Waals surface area contributed by atoms with Gasteiger partial charge in [-0.3, -0.25) is 0 Å². The van der Waals surface area contributed by atoms with E-state index in [1.165, 1.54) is 23.5 Å². The first kappa shape index (κ1) is 9.80. The first-order valence-corrected chi connectivity index (χ1v) is 5.05. The smallest absolute Gasteiger partial charge is 0.492 e. The molecule has 6 heteroatoms. The molecule has 2 aromatic rings. The predicted molar refractivity (Wildman–Crippen MR) is 58.3 cm³/mol. The second-order valence-electron chi connectivity index (χ2n) is 2.87. The highest BCUT2D eigenvalue weighted by Gasteiger charge is 2.17. The molecule has 0 fully saturated rings. The summed E-state index contributed by atoms with van der Waals surface area (Å²) in [5.41, 5.74) is 0.0898. The Balaban J connectivity index is 2.70. The van der Waals surface area contributed by atoms with Crippen molar-refractivity contribution in [1.82, 2.24) is 0 Å². The van der Waals surface area contributed by atoms with Crippen LogP contribution >= 0.6 is 22.9 Å². The molecule has 0 atom stereocenters. The molecule has 0 unspecified atom stereocenters. The summed E-state index contributed by atoms with van der Waals surface area (Å²) in [7, 11) is -1.67. The van der Waals surface area contributed by atoms with E-state index in [4.69, 9.17) is 21.6 Å². The molecule has 72 valence electrons. The zero-order valence-electron chi connectivity index (χ0n) is 6.94. The van der Waals surface area contributed by atoms with Crippen LogP contribution in [0.1, 0.15) is 0 Å². The van der Waals surface area contributed by atoms with Gasteiger partial charge in [0.2, 0.25) is 0 Å². The Morgan fingerprint density at radius 2 is 1.93 bits per heavy atom. The molecule has 0 amide bonds. The lowest BCUT2D eigenvalue weighted by atomic mass is 9.79. The van der Waals surface area contributed by atoms with Crippen molar-refractivity contribution in [3.05, 3.63) is 22.5 Å². The number of halogens is 1. The fraction of sp³-hybridized carbons (Fsp3) is 0. The lowest BCUT2D eigenvalue weighted by Gasteiger charge is -2.02. The highest BCUT2D eigenvalue weighted by atomic mass is 35.5. The van der Waals surface area contributed by atoms with Crippen LogP contribution in [0.25, 0.3) is 10.1 Å². The van der Waals surface area contributed by atoms with Gasteiger partial charge in [-0.15, -0.1) is 11.3 Å². The number of phenols is 1. The predicted octanol–water partition coefficient (Wildman–Crippen LogP) is 0.940. The number of rotatable bonds is 1. The second kappa shape index (κ2) is 3.44. The third-order valence-corrected chi connectivity index (χ3v) is 3.14. The molecule has 1 aromatic carbocycles. The molecule has 0 radical (unpaired) electrons. The number of hydrogen-bond donors (Lipinski definition) is 3. The zero-order chi connectivity index (χ0) is 10.3. The van der Waals surface area contributed by atoms with Crippen LogP contribution in [-0.2, 0) is 0 Å². The third kappa shape index (κ3) is 1.59. The van der Waals surface area contributed by atoms with Gasteiger partial charge in [0.25, 0.3) is 0 Å². The van der Waals surface area contributed by atoms with Crippen molar-refractivity contribution in [3.63, 3.8) is 0 Å². The van der Waals surface area contributed by atoms with Gasteiger partial charge in [0, 0.05) is 10.2 Å². The summed E-state index contributed by atoms with van der Waals surface area (Å²) in [5.74, 6) is -0.133. The highest BCUT2D eigenvalue weighted by molar-refractivity contribution is 7.22. The monoisotopic (exact) mass is 228 g/mol.